The van der Waals surface area contributed by atoms with E-state index in [1.165, 1.54) is 11.8 Å². The molecule has 1 saturated carbocycles. The predicted molar refractivity (Wildman–Crippen MR) is 83.4 cm³/mol. The van der Waals surface area contributed by atoms with E-state index >= 15 is 0 Å². The Labute approximate surface area is 123 Å². The standard InChI is InChI=1S/C14H20BrNO2S/c1-10-8-11(15)6-7-14(10)16-12-4-3-5-13(9-12)19(2,17)18/h6-8,12-13,16H,3-5,9H2,1-2H3. The zero-order valence-electron chi connectivity index (χ0n) is 11.3. The van der Waals surface area contributed by atoms with Crippen LogP contribution in [0.1, 0.15) is 31.2 Å². The van der Waals surface area contributed by atoms with Gasteiger partial charge < -0.3 is 5.32 Å². The Hall–Kier alpha value is -0.550. The molecule has 3 nitrogen and oxygen atoms in total. The molecule has 1 aromatic carbocycles. The van der Waals surface area contributed by atoms with Crippen molar-refractivity contribution in [1.29, 1.82) is 0 Å². The highest BCUT2D eigenvalue weighted by molar-refractivity contribution is 9.10. The fourth-order valence-corrected chi connectivity index (χ4v) is 4.33. The van der Waals surface area contributed by atoms with Gasteiger partial charge in [-0.1, -0.05) is 22.4 Å². The van der Waals surface area contributed by atoms with Crippen LogP contribution in [0.2, 0.25) is 0 Å². The second-order valence-electron chi connectivity index (χ2n) is 5.42. The topological polar surface area (TPSA) is 46.2 Å². The van der Waals surface area contributed by atoms with Gasteiger partial charge in [0.2, 0.25) is 0 Å². The summed E-state index contributed by atoms with van der Waals surface area (Å²) in [4.78, 5) is 0. The van der Waals surface area contributed by atoms with E-state index in [1.807, 2.05) is 12.1 Å². The summed E-state index contributed by atoms with van der Waals surface area (Å²) in [6.45, 7) is 2.06. The fraction of sp³-hybridized carbons (Fsp3) is 0.571. The van der Waals surface area contributed by atoms with Crippen LogP contribution in [0.5, 0.6) is 0 Å². The van der Waals surface area contributed by atoms with Crippen LogP contribution >= 0.6 is 15.9 Å². The van der Waals surface area contributed by atoms with Crippen molar-refractivity contribution in [1.82, 2.24) is 0 Å². The molecule has 0 heterocycles. The molecule has 2 atom stereocenters. The van der Waals surface area contributed by atoms with Crippen molar-refractivity contribution in [2.24, 2.45) is 0 Å². The minimum absolute atomic E-state index is 0.186. The first-order valence-electron chi connectivity index (χ1n) is 6.58. The average molecular weight is 346 g/mol. The second kappa shape index (κ2) is 5.83. The van der Waals surface area contributed by atoms with Gasteiger partial charge in [-0.25, -0.2) is 8.42 Å². The van der Waals surface area contributed by atoms with Crippen LogP contribution in [0.25, 0.3) is 0 Å². The van der Waals surface area contributed by atoms with Crippen LogP contribution in [-0.4, -0.2) is 26.0 Å². The van der Waals surface area contributed by atoms with Crippen LogP contribution in [0.15, 0.2) is 22.7 Å². The smallest absolute Gasteiger partial charge is 0.150 e. The summed E-state index contributed by atoms with van der Waals surface area (Å²) in [5.41, 5.74) is 2.28. The maximum absolute atomic E-state index is 11.7. The molecule has 0 spiro atoms. The molecule has 5 heteroatoms. The molecule has 1 aromatic rings. The zero-order valence-corrected chi connectivity index (χ0v) is 13.7. The number of anilines is 1. The van der Waals surface area contributed by atoms with Crippen molar-refractivity contribution in [2.75, 3.05) is 11.6 Å². The molecule has 2 unspecified atom stereocenters. The van der Waals surface area contributed by atoms with Crippen molar-refractivity contribution in [3.8, 4) is 0 Å². The van der Waals surface area contributed by atoms with Gasteiger partial charge in [-0.2, -0.15) is 0 Å². The Morgan fingerprint density at radius 3 is 2.68 bits per heavy atom. The number of rotatable bonds is 3. The van der Waals surface area contributed by atoms with Gasteiger partial charge in [0.15, 0.2) is 0 Å². The number of nitrogens with one attached hydrogen (secondary N) is 1. The van der Waals surface area contributed by atoms with Gasteiger partial charge in [0, 0.05) is 22.5 Å². The zero-order chi connectivity index (χ0) is 14.0. The molecular formula is C14H20BrNO2S. The van der Waals surface area contributed by atoms with E-state index in [0.29, 0.717) is 6.42 Å². The first-order valence-corrected chi connectivity index (χ1v) is 9.32. The predicted octanol–water partition coefficient (Wildman–Crippen LogP) is 3.53. The second-order valence-corrected chi connectivity index (χ2v) is 8.66. The van der Waals surface area contributed by atoms with Gasteiger partial charge in [0.05, 0.1) is 5.25 Å². The first kappa shape index (κ1) is 14.9. The Morgan fingerprint density at radius 1 is 1.32 bits per heavy atom. The largest absolute Gasteiger partial charge is 0.382 e. The molecule has 1 N–H and O–H groups in total. The van der Waals surface area contributed by atoms with Crippen molar-refractivity contribution in [2.45, 2.75) is 43.9 Å². The van der Waals surface area contributed by atoms with E-state index < -0.39 is 9.84 Å². The molecule has 106 valence electrons. The van der Waals surface area contributed by atoms with Crippen molar-refractivity contribution in [3.63, 3.8) is 0 Å². The summed E-state index contributed by atoms with van der Waals surface area (Å²) >= 11 is 3.45. The molecule has 0 aromatic heterocycles. The summed E-state index contributed by atoms with van der Waals surface area (Å²) in [5, 5.41) is 3.31. The van der Waals surface area contributed by atoms with Crippen molar-refractivity contribution in [3.05, 3.63) is 28.2 Å². The maximum atomic E-state index is 11.7. The number of benzene rings is 1. The normalized spacial score (nSPS) is 24.2. The van der Waals surface area contributed by atoms with E-state index in [9.17, 15) is 8.42 Å². The molecule has 1 aliphatic carbocycles. The highest BCUT2D eigenvalue weighted by Crippen LogP contribution is 2.28. The Balaban J connectivity index is 2.07. The summed E-state index contributed by atoms with van der Waals surface area (Å²) in [5.74, 6) is 0. The third-order valence-corrected chi connectivity index (χ3v) is 5.91. The van der Waals surface area contributed by atoms with Gasteiger partial charge >= 0.3 is 0 Å². The molecule has 0 radical (unpaired) electrons. The quantitative estimate of drug-likeness (QED) is 0.911. The summed E-state index contributed by atoms with van der Waals surface area (Å²) < 4.78 is 24.4. The van der Waals surface area contributed by atoms with Crippen molar-refractivity contribution < 1.29 is 8.42 Å². The van der Waals surface area contributed by atoms with Gasteiger partial charge in [0.1, 0.15) is 9.84 Å². The monoisotopic (exact) mass is 345 g/mol. The Morgan fingerprint density at radius 2 is 2.05 bits per heavy atom. The van der Waals surface area contributed by atoms with Crippen LogP contribution in [0.3, 0.4) is 0 Å². The molecule has 0 saturated heterocycles. The van der Waals surface area contributed by atoms with Gasteiger partial charge in [-0.3, -0.25) is 0 Å². The summed E-state index contributed by atoms with van der Waals surface area (Å²) in [6.07, 6.45) is 4.89. The first-order chi connectivity index (χ1) is 8.86. The van der Waals surface area contributed by atoms with E-state index in [0.717, 1.165) is 29.4 Å². The van der Waals surface area contributed by atoms with Gasteiger partial charge in [-0.05, 0) is 49.9 Å². The van der Waals surface area contributed by atoms with Crippen LogP contribution in [0, 0.1) is 6.92 Å². The number of halogens is 1. The third kappa shape index (κ3) is 3.96. The lowest BCUT2D eigenvalue weighted by Crippen LogP contribution is -2.34. The maximum Gasteiger partial charge on any atom is 0.150 e. The van der Waals surface area contributed by atoms with Crippen molar-refractivity contribution >= 4 is 31.5 Å². The van der Waals surface area contributed by atoms with Crippen LogP contribution < -0.4 is 5.32 Å². The molecule has 0 amide bonds. The lowest BCUT2D eigenvalue weighted by Gasteiger charge is -2.30. The van der Waals surface area contributed by atoms with E-state index in [4.69, 9.17) is 0 Å². The Bertz CT molecular complexity index is 557. The number of hydrogen-bond acceptors (Lipinski definition) is 3. The minimum Gasteiger partial charge on any atom is -0.382 e. The molecule has 2 rings (SSSR count). The SMILES string of the molecule is Cc1cc(Br)ccc1NC1CCCC(S(C)(=O)=O)C1. The lowest BCUT2D eigenvalue weighted by molar-refractivity contribution is 0.453. The molecular weight excluding hydrogens is 326 g/mol. The van der Waals surface area contributed by atoms with E-state index in [2.05, 4.69) is 34.2 Å². The summed E-state index contributed by atoms with van der Waals surface area (Å²) in [6, 6.07) is 6.38. The molecule has 1 fully saturated rings. The molecule has 0 aliphatic heterocycles. The fourth-order valence-electron chi connectivity index (χ4n) is 2.67. The van der Waals surface area contributed by atoms with E-state index in [1.54, 1.807) is 0 Å². The minimum atomic E-state index is -2.92. The third-order valence-electron chi connectivity index (χ3n) is 3.78. The highest BCUT2D eigenvalue weighted by Gasteiger charge is 2.28. The number of sulfone groups is 1. The van der Waals surface area contributed by atoms with Crippen LogP contribution in [-0.2, 0) is 9.84 Å². The highest BCUT2D eigenvalue weighted by atomic mass is 79.9. The van der Waals surface area contributed by atoms with E-state index in [-0.39, 0.29) is 11.3 Å². The van der Waals surface area contributed by atoms with Crippen LogP contribution in [0.4, 0.5) is 5.69 Å². The molecule has 1 aliphatic rings. The molecule has 19 heavy (non-hydrogen) atoms. The van der Waals surface area contributed by atoms with Gasteiger partial charge in [-0.15, -0.1) is 0 Å². The number of aryl methyl sites for hydroxylation is 1. The molecule has 0 bridgehead atoms. The van der Waals surface area contributed by atoms with Gasteiger partial charge in [0.25, 0.3) is 0 Å². The number of hydrogen-bond donors (Lipinski definition) is 1. The average Bonchev–Trinajstić information content (AvgIpc) is 2.32. The lowest BCUT2D eigenvalue weighted by atomic mass is 9.94. The Kier molecular flexibility index (Phi) is 4.56. The summed E-state index contributed by atoms with van der Waals surface area (Å²) in [7, 11) is -2.92.